The summed E-state index contributed by atoms with van der Waals surface area (Å²) in [6, 6.07) is 5.38. The maximum Gasteiger partial charge on any atom is 0.252 e. The molecule has 0 radical (unpaired) electrons. The molecule has 0 saturated heterocycles. The lowest BCUT2D eigenvalue weighted by Crippen LogP contribution is -2.31. The SMILES string of the molecule is CC(NC(=O)CCNC(=O)c1ccsc1)c1ccc(Cl)s1. The smallest absolute Gasteiger partial charge is 0.252 e. The Hall–Kier alpha value is -1.37. The van der Waals surface area contributed by atoms with Gasteiger partial charge in [-0.3, -0.25) is 9.59 Å². The predicted molar refractivity (Wildman–Crippen MR) is 87.2 cm³/mol. The van der Waals surface area contributed by atoms with Crippen molar-refractivity contribution in [1.82, 2.24) is 10.6 Å². The molecule has 0 aliphatic rings. The van der Waals surface area contributed by atoms with E-state index in [-0.39, 0.29) is 24.3 Å². The molecular weight excluding hydrogens is 328 g/mol. The van der Waals surface area contributed by atoms with Crippen LogP contribution in [0.25, 0.3) is 0 Å². The molecule has 2 aromatic heterocycles. The van der Waals surface area contributed by atoms with Gasteiger partial charge in [0.05, 0.1) is 10.4 Å². The Morgan fingerprint density at radius 2 is 2.14 bits per heavy atom. The molecule has 0 aliphatic heterocycles. The quantitative estimate of drug-likeness (QED) is 0.844. The minimum Gasteiger partial charge on any atom is -0.351 e. The highest BCUT2D eigenvalue weighted by atomic mass is 35.5. The standard InChI is InChI=1S/C14H15ClN2O2S2/c1-9(11-2-3-12(15)21-11)17-13(18)4-6-16-14(19)10-5-7-20-8-10/h2-3,5,7-9H,4,6H2,1H3,(H,16,19)(H,17,18). The molecule has 2 N–H and O–H groups in total. The largest absolute Gasteiger partial charge is 0.351 e. The first kappa shape index (κ1) is 16.0. The van der Waals surface area contributed by atoms with E-state index in [1.165, 1.54) is 22.7 Å². The zero-order valence-corrected chi connectivity index (χ0v) is 13.8. The van der Waals surface area contributed by atoms with Gasteiger partial charge in [-0.2, -0.15) is 11.3 Å². The maximum absolute atomic E-state index is 11.8. The second-order valence-corrected chi connectivity index (χ2v) is 6.98. The number of hydrogen-bond acceptors (Lipinski definition) is 4. The lowest BCUT2D eigenvalue weighted by atomic mass is 10.2. The van der Waals surface area contributed by atoms with Gasteiger partial charge < -0.3 is 10.6 Å². The Morgan fingerprint density at radius 1 is 1.33 bits per heavy atom. The van der Waals surface area contributed by atoms with Crippen molar-refractivity contribution in [3.63, 3.8) is 0 Å². The van der Waals surface area contributed by atoms with Gasteiger partial charge in [0, 0.05) is 28.8 Å². The first-order valence-corrected chi connectivity index (χ1v) is 8.55. The van der Waals surface area contributed by atoms with Gasteiger partial charge in [0.2, 0.25) is 5.91 Å². The molecule has 2 amide bonds. The van der Waals surface area contributed by atoms with Gasteiger partial charge in [-0.25, -0.2) is 0 Å². The van der Waals surface area contributed by atoms with Gasteiger partial charge in [0.25, 0.3) is 5.91 Å². The van der Waals surface area contributed by atoms with Crippen LogP contribution >= 0.6 is 34.3 Å². The van der Waals surface area contributed by atoms with Gasteiger partial charge in [-0.05, 0) is 30.5 Å². The molecule has 2 heterocycles. The zero-order valence-electron chi connectivity index (χ0n) is 11.4. The summed E-state index contributed by atoms with van der Waals surface area (Å²) in [5, 5.41) is 9.22. The summed E-state index contributed by atoms with van der Waals surface area (Å²) in [5.41, 5.74) is 0.627. The summed E-state index contributed by atoms with van der Waals surface area (Å²) in [4.78, 5) is 24.5. The predicted octanol–water partition coefficient (Wildman–Crippen LogP) is 3.46. The summed E-state index contributed by atoms with van der Waals surface area (Å²) in [6.45, 7) is 2.22. The van der Waals surface area contributed by atoms with Crippen molar-refractivity contribution in [2.45, 2.75) is 19.4 Å². The van der Waals surface area contributed by atoms with E-state index in [1.54, 1.807) is 11.4 Å². The van der Waals surface area contributed by atoms with E-state index in [4.69, 9.17) is 11.6 Å². The fourth-order valence-corrected chi connectivity index (χ4v) is 3.43. The molecule has 0 fully saturated rings. The Labute approximate surface area is 136 Å². The average molecular weight is 343 g/mol. The van der Waals surface area contributed by atoms with Crippen molar-refractivity contribution in [2.24, 2.45) is 0 Å². The van der Waals surface area contributed by atoms with Crippen molar-refractivity contribution in [2.75, 3.05) is 6.54 Å². The number of halogens is 1. The van der Waals surface area contributed by atoms with Crippen LogP contribution < -0.4 is 10.6 Å². The summed E-state index contributed by atoms with van der Waals surface area (Å²) in [5.74, 6) is -0.250. The molecule has 1 atom stereocenters. The van der Waals surface area contributed by atoms with Gasteiger partial charge in [-0.1, -0.05) is 11.6 Å². The number of carbonyl (C=O) groups excluding carboxylic acids is 2. The van der Waals surface area contributed by atoms with Crippen LogP contribution in [0.2, 0.25) is 4.34 Å². The third-order valence-corrected chi connectivity index (χ3v) is 4.92. The minimum atomic E-state index is -0.151. The number of carbonyl (C=O) groups is 2. The van der Waals surface area contributed by atoms with Gasteiger partial charge in [-0.15, -0.1) is 11.3 Å². The monoisotopic (exact) mass is 342 g/mol. The second kappa shape index (κ2) is 7.59. The molecule has 2 rings (SSSR count). The molecule has 0 saturated carbocycles. The topological polar surface area (TPSA) is 58.2 Å². The number of amides is 2. The molecule has 4 nitrogen and oxygen atoms in total. The molecule has 0 aliphatic carbocycles. The molecule has 21 heavy (non-hydrogen) atoms. The molecule has 112 valence electrons. The minimum absolute atomic E-state index is 0.0809. The molecule has 7 heteroatoms. The lowest BCUT2D eigenvalue weighted by Gasteiger charge is -2.12. The lowest BCUT2D eigenvalue weighted by molar-refractivity contribution is -0.121. The first-order chi connectivity index (χ1) is 10.1. The van der Waals surface area contributed by atoms with E-state index in [9.17, 15) is 9.59 Å². The summed E-state index contributed by atoms with van der Waals surface area (Å²) in [7, 11) is 0. The summed E-state index contributed by atoms with van der Waals surface area (Å²) < 4.78 is 0.703. The number of thiophene rings is 2. The van der Waals surface area contributed by atoms with Crippen LogP contribution in [0.1, 0.15) is 34.6 Å². The van der Waals surface area contributed by atoms with Crippen molar-refractivity contribution in [3.05, 3.63) is 43.7 Å². The van der Waals surface area contributed by atoms with E-state index in [0.29, 0.717) is 16.4 Å². The molecule has 0 aromatic carbocycles. The van der Waals surface area contributed by atoms with Crippen LogP contribution in [-0.2, 0) is 4.79 Å². The van der Waals surface area contributed by atoms with E-state index >= 15 is 0 Å². The molecule has 1 unspecified atom stereocenters. The Kier molecular flexibility index (Phi) is 5.78. The third kappa shape index (κ3) is 4.84. The highest BCUT2D eigenvalue weighted by Gasteiger charge is 2.12. The normalized spacial score (nSPS) is 11.9. The maximum atomic E-state index is 11.8. The van der Waals surface area contributed by atoms with Crippen LogP contribution in [0.3, 0.4) is 0 Å². The fraction of sp³-hybridized carbons (Fsp3) is 0.286. The third-order valence-electron chi connectivity index (χ3n) is 2.82. The summed E-state index contributed by atoms with van der Waals surface area (Å²) >= 11 is 8.78. The van der Waals surface area contributed by atoms with Crippen LogP contribution in [0.15, 0.2) is 29.0 Å². The Bertz CT molecular complexity index is 610. The van der Waals surface area contributed by atoms with Gasteiger partial charge >= 0.3 is 0 Å². The second-order valence-electron chi connectivity index (χ2n) is 4.45. The van der Waals surface area contributed by atoms with Crippen molar-refractivity contribution >= 4 is 46.1 Å². The fourth-order valence-electron chi connectivity index (χ4n) is 1.73. The van der Waals surface area contributed by atoms with Crippen molar-refractivity contribution in [1.29, 1.82) is 0 Å². The molecule has 2 aromatic rings. The average Bonchev–Trinajstić information content (AvgIpc) is 3.09. The molecular formula is C14H15ClN2O2S2. The van der Waals surface area contributed by atoms with Crippen LogP contribution in [0.5, 0.6) is 0 Å². The number of hydrogen-bond donors (Lipinski definition) is 2. The van der Waals surface area contributed by atoms with Crippen LogP contribution in [0.4, 0.5) is 0 Å². The van der Waals surface area contributed by atoms with Crippen molar-refractivity contribution < 1.29 is 9.59 Å². The Balaban J connectivity index is 1.71. The molecule has 0 spiro atoms. The van der Waals surface area contributed by atoms with E-state index < -0.39 is 0 Å². The van der Waals surface area contributed by atoms with Crippen molar-refractivity contribution in [3.8, 4) is 0 Å². The summed E-state index contributed by atoms with van der Waals surface area (Å²) in [6.07, 6.45) is 0.249. The number of rotatable bonds is 6. The first-order valence-electron chi connectivity index (χ1n) is 6.41. The highest BCUT2D eigenvalue weighted by molar-refractivity contribution is 7.16. The number of nitrogens with one attached hydrogen (secondary N) is 2. The Morgan fingerprint density at radius 3 is 2.76 bits per heavy atom. The van der Waals surface area contributed by atoms with E-state index in [1.807, 2.05) is 24.4 Å². The highest BCUT2D eigenvalue weighted by Crippen LogP contribution is 2.26. The molecule has 0 bridgehead atoms. The van der Waals surface area contributed by atoms with Crippen LogP contribution in [-0.4, -0.2) is 18.4 Å². The zero-order chi connectivity index (χ0) is 15.2. The van der Waals surface area contributed by atoms with Gasteiger partial charge in [0.1, 0.15) is 0 Å². The van der Waals surface area contributed by atoms with E-state index in [2.05, 4.69) is 10.6 Å². The van der Waals surface area contributed by atoms with E-state index in [0.717, 1.165) is 4.88 Å². The van der Waals surface area contributed by atoms with Gasteiger partial charge in [0.15, 0.2) is 0 Å². The van der Waals surface area contributed by atoms with Crippen LogP contribution in [0, 0.1) is 0 Å².